The van der Waals surface area contributed by atoms with Crippen molar-refractivity contribution < 1.29 is 32.0 Å². The number of nitro groups is 1. The van der Waals surface area contributed by atoms with Gasteiger partial charge in [-0.3, -0.25) is 14.9 Å². The highest BCUT2D eigenvalue weighted by molar-refractivity contribution is 6.31. The van der Waals surface area contributed by atoms with Gasteiger partial charge in [-0.1, -0.05) is 11.6 Å². The highest BCUT2D eigenvalue weighted by atomic mass is 35.5. The quantitative estimate of drug-likeness (QED) is 0.296. The number of ether oxygens (including phenoxy) is 1. The molecule has 0 saturated heterocycles. The van der Waals surface area contributed by atoms with Crippen LogP contribution in [0.3, 0.4) is 0 Å². The number of pyridine rings is 1. The van der Waals surface area contributed by atoms with Gasteiger partial charge in [0, 0.05) is 24.0 Å². The minimum Gasteiger partial charge on any atom is -0.438 e. The fourth-order valence-electron chi connectivity index (χ4n) is 2.37. The number of rotatable bonds is 5. The molecule has 0 radical (unpaired) electrons. The number of nitrogens with one attached hydrogen (secondary N) is 1. The predicted molar refractivity (Wildman–Crippen MR) is 102 cm³/mol. The second-order valence-electron chi connectivity index (χ2n) is 6.01. The number of carbonyl (C=O) groups excluding carboxylic acids is 1. The van der Waals surface area contributed by atoms with Gasteiger partial charge in [0.1, 0.15) is 16.6 Å². The molecule has 1 N–H and O–H groups in total. The van der Waals surface area contributed by atoms with Crippen LogP contribution < -0.4 is 10.1 Å². The first kappa shape index (κ1) is 22.0. The lowest BCUT2D eigenvalue weighted by atomic mass is 10.1. The Kier molecular flexibility index (Phi) is 6.07. The Morgan fingerprint density at radius 3 is 2.39 bits per heavy atom. The van der Waals surface area contributed by atoms with Crippen LogP contribution in [-0.4, -0.2) is 15.8 Å². The van der Waals surface area contributed by atoms with Crippen LogP contribution in [0.5, 0.6) is 11.6 Å². The summed E-state index contributed by atoms with van der Waals surface area (Å²) >= 11 is 5.78. The van der Waals surface area contributed by atoms with E-state index in [9.17, 15) is 32.5 Å². The molecule has 0 bridgehead atoms. The Labute approximate surface area is 176 Å². The molecular formula is C19H10ClF4N3O4. The number of halogens is 5. The average Bonchev–Trinajstić information content (AvgIpc) is 2.70. The van der Waals surface area contributed by atoms with E-state index in [1.165, 1.54) is 24.3 Å². The standard InChI is InChI=1S/C19H10ClF4N3O4/c20-15-7-10(19(22,23)24)9-25-18(15)31-13-4-1-11(2-5-13)26-17(28)14-8-12(27(29)30)3-6-16(14)21/h1-9H,(H,26,28). The van der Waals surface area contributed by atoms with Crippen molar-refractivity contribution in [2.45, 2.75) is 6.18 Å². The second kappa shape index (κ2) is 8.56. The highest BCUT2D eigenvalue weighted by Gasteiger charge is 2.31. The maximum Gasteiger partial charge on any atom is 0.417 e. The lowest BCUT2D eigenvalue weighted by Gasteiger charge is -2.11. The predicted octanol–water partition coefficient (Wildman–Crippen LogP) is 5.85. The number of nitro benzene ring substituents is 1. The zero-order valence-corrected chi connectivity index (χ0v) is 15.9. The molecule has 31 heavy (non-hydrogen) atoms. The Morgan fingerprint density at radius 1 is 1.13 bits per heavy atom. The van der Waals surface area contributed by atoms with Gasteiger partial charge in [-0.25, -0.2) is 9.37 Å². The molecule has 0 aliphatic heterocycles. The first-order chi connectivity index (χ1) is 14.5. The molecule has 12 heteroatoms. The fraction of sp³-hybridized carbons (Fsp3) is 0.0526. The number of amides is 1. The van der Waals surface area contributed by atoms with Crippen LogP contribution in [0.25, 0.3) is 0 Å². The summed E-state index contributed by atoms with van der Waals surface area (Å²) in [5.74, 6) is -1.97. The van der Waals surface area contributed by atoms with Crippen LogP contribution in [0.1, 0.15) is 15.9 Å². The summed E-state index contributed by atoms with van der Waals surface area (Å²) in [6, 6.07) is 8.65. The highest BCUT2D eigenvalue weighted by Crippen LogP contribution is 2.34. The zero-order chi connectivity index (χ0) is 22.8. The molecule has 0 aliphatic carbocycles. The van der Waals surface area contributed by atoms with Gasteiger partial charge in [0.05, 0.1) is 16.1 Å². The zero-order valence-electron chi connectivity index (χ0n) is 15.1. The molecule has 3 rings (SSSR count). The van der Waals surface area contributed by atoms with Gasteiger partial charge in [-0.2, -0.15) is 13.2 Å². The van der Waals surface area contributed by atoms with Gasteiger partial charge in [0.25, 0.3) is 11.6 Å². The average molecular weight is 456 g/mol. The normalized spacial score (nSPS) is 11.1. The molecular weight excluding hydrogens is 446 g/mol. The van der Waals surface area contributed by atoms with Crippen LogP contribution >= 0.6 is 11.6 Å². The van der Waals surface area contributed by atoms with Gasteiger partial charge >= 0.3 is 6.18 Å². The van der Waals surface area contributed by atoms with Gasteiger partial charge < -0.3 is 10.1 Å². The number of alkyl halides is 3. The molecule has 2 aromatic carbocycles. The molecule has 1 aromatic heterocycles. The number of aromatic nitrogens is 1. The fourth-order valence-corrected chi connectivity index (χ4v) is 2.58. The summed E-state index contributed by atoms with van der Waals surface area (Å²) in [5.41, 5.74) is -1.79. The van der Waals surface area contributed by atoms with Crippen molar-refractivity contribution in [2.24, 2.45) is 0 Å². The third-order valence-corrected chi connectivity index (χ3v) is 4.14. The SMILES string of the molecule is O=C(Nc1ccc(Oc2ncc(C(F)(F)F)cc2Cl)cc1)c1cc([N+](=O)[O-])ccc1F. The molecule has 160 valence electrons. The molecule has 0 fully saturated rings. The van der Waals surface area contributed by atoms with E-state index in [-0.39, 0.29) is 22.3 Å². The van der Waals surface area contributed by atoms with E-state index >= 15 is 0 Å². The molecule has 0 aliphatic rings. The molecule has 3 aromatic rings. The van der Waals surface area contributed by atoms with Crippen molar-refractivity contribution in [1.82, 2.24) is 4.98 Å². The monoisotopic (exact) mass is 455 g/mol. The summed E-state index contributed by atoms with van der Waals surface area (Å²) in [4.78, 5) is 25.8. The molecule has 7 nitrogen and oxygen atoms in total. The Balaban J connectivity index is 1.72. The minimum absolute atomic E-state index is 0.147. The van der Waals surface area contributed by atoms with E-state index in [4.69, 9.17) is 16.3 Å². The number of hydrogen-bond acceptors (Lipinski definition) is 5. The first-order valence-electron chi connectivity index (χ1n) is 8.30. The van der Waals surface area contributed by atoms with Crippen molar-refractivity contribution >= 4 is 28.9 Å². The smallest absolute Gasteiger partial charge is 0.417 e. The van der Waals surface area contributed by atoms with Crippen molar-refractivity contribution in [1.29, 1.82) is 0 Å². The Bertz CT molecular complexity index is 1150. The maximum absolute atomic E-state index is 13.8. The number of nitrogens with zero attached hydrogens (tertiary/aromatic N) is 2. The molecule has 0 saturated carbocycles. The van der Waals surface area contributed by atoms with E-state index in [0.29, 0.717) is 12.3 Å². The van der Waals surface area contributed by atoms with Gasteiger partial charge in [-0.15, -0.1) is 0 Å². The third-order valence-electron chi connectivity index (χ3n) is 3.87. The van der Waals surface area contributed by atoms with Crippen molar-refractivity contribution in [2.75, 3.05) is 5.32 Å². The largest absolute Gasteiger partial charge is 0.438 e. The van der Waals surface area contributed by atoms with Gasteiger partial charge in [-0.05, 0) is 36.4 Å². The number of anilines is 1. The Hall–Kier alpha value is -3.73. The van der Waals surface area contributed by atoms with Crippen molar-refractivity contribution in [3.8, 4) is 11.6 Å². The molecule has 0 atom stereocenters. The lowest BCUT2D eigenvalue weighted by Crippen LogP contribution is -2.14. The molecule has 0 unspecified atom stereocenters. The van der Waals surface area contributed by atoms with Crippen molar-refractivity contribution in [3.63, 3.8) is 0 Å². The van der Waals surface area contributed by atoms with Crippen LogP contribution in [0, 0.1) is 15.9 Å². The van der Waals surface area contributed by atoms with E-state index in [1.54, 1.807) is 0 Å². The van der Waals surface area contributed by atoms with Crippen LogP contribution in [0.15, 0.2) is 54.7 Å². The van der Waals surface area contributed by atoms with Gasteiger partial charge in [0.2, 0.25) is 5.88 Å². The number of non-ortho nitro benzene ring substituents is 1. The summed E-state index contributed by atoms with van der Waals surface area (Å²) < 4.78 is 57.1. The number of carbonyl (C=O) groups is 1. The summed E-state index contributed by atoms with van der Waals surface area (Å²) in [5, 5.41) is 12.8. The maximum atomic E-state index is 13.8. The van der Waals surface area contributed by atoms with E-state index in [1.807, 2.05) is 0 Å². The number of benzene rings is 2. The lowest BCUT2D eigenvalue weighted by molar-refractivity contribution is -0.384. The summed E-state index contributed by atoms with van der Waals surface area (Å²) in [7, 11) is 0. The number of hydrogen-bond donors (Lipinski definition) is 1. The second-order valence-corrected chi connectivity index (χ2v) is 6.42. The first-order valence-corrected chi connectivity index (χ1v) is 8.68. The summed E-state index contributed by atoms with van der Waals surface area (Å²) in [6.07, 6.45) is -4.03. The van der Waals surface area contributed by atoms with Crippen LogP contribution in [-0.2, 0) is 6.18 Å². The topological polar surface area (TPSA) is 94.4 Å². The third kappa shape index (κ3) is 5.25. The molecule has 0 spiro atoms. The molecule has 1 heterocycles. The summed E-state index contributed by atoms with van der Waals surface area (Å²) in [6.45, 7) is 0. The van der Waals surface area contributed by atoms with E-state index < -0.39 is 39.6 Å². The molecule has 1 amide bonds. The van der Waals surface area contributed by atoms with Gasteiger partial charge in [0.15, 0.2) is 0 Å². The van der Waals surface area contributed by atoms with Crippen molar-refractivity contribution in [3.05, 3.63) is 86.8 Å². The Morgan fingerprint density at radius 2 is 1.81 bits per heavy atom. The van der Waals surface area contributed by atoms with E-state index in [0.717, 1.165) is 18.2 Å². The van der Waals surface area contributed by atoms with Crippen LogP contribution in [0.2, 0.25) is 5.02 Å². The van der Waals surface area contributed by atoms with Crippen LogP contribution in [0.4, 0.5) is 28.9 Å². The minimum atomic E-state index is -4.60. The van der Waals surface area contributed by atoms with E-state index in [2.05, 4.69) is 10.3 Å².